The van der Waals surface area contributed by atoms with E-state index in [0.29, 0.717) is 6.04 Å². The number of aryl methyl sites for hydroxylation is 1. The number of thiophene rings is 1. The van der Waals surface area contributed by atoms with Crippen LogP contribution < -0.4 is 0 Å². The molecule has 0 spiro atoms. The lowest BCUT2D eigenvalue weighted by molar-refractivity contribution is 0.251. The smallest absolute Gasteiger partial charge is 0.137 e. The highest BCUT2D eigenvalue weighted by molar-refractivity contribution is 7.10. The second-order valence-corrected chi connectivity index (χ2v) is 7.58. The van der Waals surface area contributed by atoms with Gasteiger partial charge in [0, 0.05) is 23.0 Å². The Morgan fingerprint density at radius 1 is 1.21 bits per heavy atom. The van der Waals surface area contributed by atoms with Crippen LogP contribution in [0.5, 0.6) is 0 Å². The van der Waals surface area contributed by atoms with E-state index in [1.165, 1.54) is 17.7 Å². The first-order valence-corrected chi connectivity index (χ1v) is 9.56. The summed E-state index contributed by atoms with van der Waals surface area (Å²) in [6, 6.07) is 15.0. The van der Waals surface area contributed by atoms with Gasteiger partial charge in [-0.25, -0.2) is 4.68 Å². The molecular formula is C19H20ClN3S. The van der Waals surface area contributed by atoms with E-state index >= 15 is 0 Å². The highest BCUT2D eigenvalue weighted by Crippen LogP contribution is 2.37. The average molecular weight is 358 g/mol. The van der Waals surface area contributed by atoms with Gasteiger partial charge in [0.15, 0.2) is 0 Å². The van der Waals surface area contributed by atoms with Crippen molar-refractivity contribution in [2.75, 3.05) is 6.54 Å². The van der Waals surface area contributed by atoms with Gasteiger partial charge in [0.25, 0.3) is 0 Å². The molecular weight excluding hydrogens is 338 g/mol. The molecule has 1 aromatic carbocycles. The van der Waals surface area contributed by atoms with E-state index in [9.17, 15) is 0 Å². The lowest BCUT2D eigenvalue weighted by atomic mass is 10.1. The van der Waals surface area contributed by atoms with Crippen molar-refractivity contribution in [3.8, 4) is 5.69 Å². The summed E-state index contributed by atoms with van der Waals surface area (Å²) in [5.74, 6) is 0. The first kappa shape index (κ1) is 15.9. The fourth-order valence-electron chi connectivity index (χ4n) is 3.47. The fourth-order valence-corrected chi connectivity index (χ4v) is 4.70. The lowest BCUT2D eigenvalue weighted by Crippen LogP contribution is -2.22. The summed E-state index contributed by atoms with van der Waals surface area (Å²) < 4.78 is 1.85. The number of rotatable bonds is 4. The highest BCUT2D eigenvalue weighted by atomic mass is 35.5. The van der Waals surface area contributed by atoms with Crippen LogP contribution in [0, 0.1) is 6.92 Å². The molecule has 24 heavy (non-hydrogen) atoms. The number of para-hydroxylation sites is 1. The van der Waals surface area contributed by atoms with Crippen LogP contribution in [0.15, 0.2) is 47.8 Å². The molecule has 3 nitrogen and oxygen atoms in total. The molecule has 0 amide bonds. The SMILES string of the molecule is Cc1nn(-c2ccccc2)c(Cl)c1CN1CCCC1c1cccs1. The number of aromatic nitrogens is 2. The molecule has 1 saturated heterocycles. The van der Waals surface area contributed by atoms with E-state index < -0.39 is 0 Å². The molecule has 1 fully saturated rings. The van der Waals surface area contributed by atoms with Gasteiger partial charge in [0.1, 0.15) is 5.15 Å². The molecule has 5 heteroatoms. The number of benzene rings is 1. The standard InChI is InChI=1S/C19H20ClN3S/c1-14-16(19(20)23(21-14)15-7-3-2-4-8-15)13-22-11-5-9-17(22)18-10-6-12-24-18/h2-4,6-8,10,12,17H,5,9,11,13H2,1H3. The molecule has 1 aliphatic heterocycles. The molecule has 124 valence electrons. The molecule has 1 aliphatic rings. The highest BCUT2D eigenvalue weighted by Gasteiger charge is 2.28. The van der Waals surface area contributed by atoms with Crippen LogP contribution in [0.3, 0.4) is 0 Å². The van der Waals surface area contributed by atoms with Gasteiger partial charge >= 0.3 is 0 Å². The maximum atomic E-state index is 6.69. The first-order valence-electron chi connectivity index (χ1n) is 8.31. The third kappa shape index (κ3) is 2.90. The van der Waals surface area contributed by atoms with Gasteiger partial charge in [-0.15, -0.1) is 11.3 Å². The third-order valence-corrected chi connectivity index (χ3v) is 6.08. The third-order valence-electron chi connectivity index (χ3n) is 4.72. The second-order valence-electron chi connectivity index (χ2n) is 6.25. The Morgan fingerprint density at radius 2 is 2.04 bits per heavy atom. The Bertz CT molecular complexity index is 811. The number of likely N-dealkylation sites (tertiary alicyclic amines) is 1. The molecule has 0 N–H and O–H groups in total. The Balaban J connectivity index is 1.62. The number of hydrogen-bond acceptors (Lipinski definition) is 3. The van der Waals surface area contributed by atoms with Crippen molar-refractivity contribution in [2.45, 2.75) is 32.4 Å². The minimum atomic E-state index is 0.514. The summed E-state index contributed by atoms with van der Waals surface area (Å²) in [4.78, 5) is 3.99. The van der Waals surface area contributed by atoms with E-state index in [1.807, 2.05) is 46.4 Å². The zero-order valence-electron chi connectivity index (χ0n) is 13.7. The van der Waals surface area contributed by atoms with E-state index in [4.69, 9.17) is 11.6 Å². The van der Waals surface area contributed by atoms with E-state index in [-0.39, 0.29) is 0 Å². The van der Waals surface area contributed by atoms with Crippen molar-refractivity contribution in [3.63, 3.8) is 0 Å². The van der Waals surface area contributed by atoms with Crippen LogP contribution in [-0.4, -0.2) is 21.2 Å². The van der Waals surface area contributed by atoms with Gasteiger partial charge in [-0.2, -0.15) is 5.10 Å². The van der Waals surface area contributed by atoms with Crippen LogP contribution in [0.2, 0.25) is 5.15 Å². The molecule has 4 rings (SSSR count). The zero-order chi connectivity index (χ0) is 16.5. The summed E-state index contributed by atoms with van der Waals surface area (Å²) >= 11 is 8.54. The summed E-state index contributed by atoms with van der Waals surface area (Å²) in [6.07, 6.45) is 2.47. The molecule has 1 unspecified atom stereocenters. The van der Waals surface area contributed by atoms with Crippen molar-refractivity contribution in [2.24, 2.45) is 0 Å². The first-order chi connectivity index (χ1) is 11.7. The summed E-state index contributed by atoms with van der Waals surface area (Å²) in [5.41, 5.74) is 3.16. The molecule has 0 bridgehead atoms. The summed E-state index contributed by atoms with van der Waals surface area (Å²) in [5, 5.41) is 7.57. The maximum absolute atomic E-state index is 6.69. The Morgan fingerprint density at radius 3 is 2.79 bits per heavy atom. The van der Waals surface area contributed by atoms with Crippen molar-refractivity contribution in [1.29, 1.82) is 0 Å². The van der Waals surface area contributed by atoms with Crippen molar-refractivity contribution in [3.05, 3.63) is 69.1 Å². The normalized spacial score (nSPS) is 18.3. The second kappa shape index (κ2) is 6.71. The monoisotopic (exact) mass is 357 g/mol. The van der Waals surface area contributed by atoms with Gasteiger partial charge in [0.2, 0.25) is 0 Å². The van der Waals surface area contributed by atoms with Crippen LogP contribution in [0.1, 0.15) is 35.0 Å². The molecule has 0 aliphatic carbocycles. The largest absolute Gasteiger partial charge is 0.291 e. The fraction of sp³-hybridized carbons (Fsp3) is 0.316. The quantitative estimate of drug-likeness (QED) is 0.637. The molecule has 0 saturated carbocycles. The lowest BCUT2D eigenvalue weighted by Gasteiger charge is -2.23. The van der Waals surface area contributed by atoms with Gasteiger partial charge in [-0.05, 0) is 49.9 Å². The molecule has 2 aromatic heterocycles. The Hall–Kier alpha value is -1.62. The van der Waals surface area contributed by atoms with Gasteiger partial charge < -0.3 is 0 Å². The zero-order valence-corrected chi connectivity index (χ0v) is 15.2. The topological polar surface area (TPSA) is 21.1 Å². The van der Waals surface area contributed by atoms with Crippen molar-refractivity contribution < 1.29 is 0 Å². The van der Waals surface area contributed by atoms with Crippen LogP contribution in [0.4, 0.5) is 0 Å². The Labute approximate surface area is 151 Å². The van der Waals surface area contributed by atoms with E-state index in [1.54, 1.807) is 0 Å². The predicted molar refractivity (Wildman–Crippen MR) is 100 cm³/mol. The van der Waals surface area contributed by atoms with Crippen molar-refractivity contribution in [1.82, 2.24) is 14.7 Å². The summed E-state index contributed by atoms with van der Waals surface area (Å²) in [7, 11) is 0. The van der Waals surface area contributed by atoms with Gasteiger partial charge in [0.05, 0.1) is 11.4 Å². The number of hydrogen-bond donors (Lipinski definition) is 0. The van der Waals surface area contributed by atoms with Crippen LogP contribution >= 0.6 is 22.9 Å². The average Bonchev–Trinajstić information content (AvgIpc) is 3.32. The summed E-state index contributed by atoms with van der Waals surface area (Å²) in [6.45, 7) is 4.03. The Kier molecular flexibility index (Phi) is 4.44. The predicted octanol–water partition coefficient (Wildman–Crippen LogP) is 5.23. The molecule has 3 aromatic rings. The van der Waals surface area contributed by atoms with Crippen LogP contribution in [-0.2, 0) is 6.54 Å². The van der Waals surface area contributed by atoms with Gasteiger partial charge in [-0.1, -0.05) is 35.9 Å². The molecule has 1 atom stereocenters. The number of halogens is 1. The van der Waals surface area contributed by atoms with E-state index in [2.05, 4.69) is 34.4 Å². The minimum Gasteiger partial charge on any atom is -0.291 e. The minimum absolute atomic E-state index is 0.514. The molecule has 0 radical (unpaired) electrons. The van der Waals surface area contributed by atoms with Crippen molar-refractivity contribution >= 4 is 22.9 Å². The van der Waals surface area contributed by atoms with E-state index in [0.717, 1.165) is 35.2 Å². The van der Waals surface area contributed by atoms with Gasteiger partial charge in [-0.3, -0.25) is 4.90 Å². The number of nitrogens with zero attached hydrogens (tertiary/aromatic N) is 3. The maximum Gasteiger partial charge on any atom is 0.137 e. The van der Waals surface area contributed by atoms with Crippen LogP contribution in [0.25, 0.3) is 5.69 Å². The molecule has 3 heterocycles.